The lowest BCUT2D eigenvalue weighted by Gasteiger charge is -2.35. The number of hydrogen-bond acceptors (Lipinski definition) is 7. The predicted molar refractivity (Wildman–Crippen MR) is 148 cm³/mol. The van der Waals surface area contributed by atoms with Gasteiger partial charge in [-0.25, -0.2) is 14.8 Å². The molecule has 42 heavy (non-hydrogen) atoms. The number of aromatic nitrogens is 5. The topological polar surface area (TPSA) is 110 Å². The molecule has 0 unspecified atom stereocenters. The van der Waals surface area contributed by atoms with Crippen LogP contribution in [0.2, 0.25) is 0 Å². The Bertz CT molecular complexity index is 1650. The number of fused-ring (bicyclic) bond motifs is 1. The van der Waals surface area contributed by atoms with Crippen molar-refractivity contribution in [1.29, 1.82) is 0 Å². The van der Waals surface area contributed by atoms with Crippen LogP contribution >= 0.6 is 0 Å². The standard InChI is InChI=1S/C28H31F3N8O3/c1-17-14-18(6-7-19(17)25(40)37-10-12-38(13-11-37)26(41)42-27(2,3)4)34-23-24-33-15-21(39(24)9-8-32-23)20-16-36(5)35-22(20)28(29,30)31/h6-9,14-16H,10-13H2,1-5H3,(H,32,34). The van der Waals surface area contributed by atoms with Crippen LogP contribution in [0.15, 0.2) is 43.0 Å². The lowest BCUT2D eigenvalue weighted by atomic mass is 10.1. The number of piperazine rings is 1. The number of halogens is 3. The maximum Gasteiger partial charge on any atom is 0.435 e. The van der Waals surface area contributed by atoms with Gasteiger partial charge in [-0.3, -0.25) is 13.9 Å². The number of alkyl halides is 3. The summed E-state index contributed by atoms with van der Waals surface area (Å²) in [7, 11) is 1.43. The van der Waals surface area contributed by atoms with E-state index in [4.69, 9.17) is 4.74 Å². The number of aryl methyl sites for hydroxylation is 2. The molecule has 0 radical (unpaired) electrons. The minimum Gasteiger partial charge on any atom is -0.444 e. The van der Waals surface area contributed by atoms with Crippen molar-refractivity contribution < 1.29 is 27.5 Å². The number of nitrogens with one attached hydrogen (secondary N) is 1. The molecule has 4 heterocycles. The van der Waals surface area contributed by atoms with Gasteiger partial charge in [0.1, 0.15) is 5.60 Å². The van der Waals surface area contributed by atoms with Crippen molar-refractivity contribution in [2.75, 3.05) is 31.5 Å². The zero-order valence-electron chi connectivity index (χ0n) is 23.9. The second kappa shape index (κ2) is 10.7. The average Bonchev–Trinajstić information content (AvgIpc) is 3.51. The molecule has 14 heteroatoms. The van der Waals surface area contributed by atoms with Crippen molar-refractivity contribution in [3.05, 3.63) is 59.8 Å². The predicted octanol–water partition coefficient (Wildman–Crippen LogP) is 4.89. The van der Waals surface area contributed by atoms with Gasteiger partial charge in [0.25, 0.3) is 5.91 Å². The number of anilines is 2. The van der Waals surface area contributed by atoms with E-state index in [1.54, 1.807) is 28.0 Å². The van der Waals surface area contributed by atoms with Crippen LogP contribution in [-0.4, -0.2) is 77.7 Å². The third-order valence-electron chi connectivity index (χ3n) is 6.74. The Kier molecular flexibility index (Phi) is 7.33. The lowest BCUT2D eigenvalue weighted by Crippen LogP contribution is -2.51. The Balaban J connectivity index is 1.31. The van der Waals surface area contributed by atoms with Gasteiger partial charge in [-0.15, -0.1) is 0 Å². The summed E-state index contributed by atoms with van der Waals surface area (Å²) in [4.78, 5) is 37.6. The summed E-state index contributed by atoms with van der Waals surface area (Å²) < 4.78 is 48.8. The van der Waals surface area contributed by atoms with E-state index >= 15 is 0 Å². The number of carbonyl (C=O) groups excluding carboxylic acids is 2. The molecule has 0 bridgehead atoms. The second-order valence-corrected chi connectivity index (χ2v) is 11.1. The number of rotatable bonds is 4. The van der Waals surface area contributed by atoms with Crippen LogP contribution < -0.4 is 5.32 Å². The molecule has 1 N–H and O–H groups in total. The van der Waals surface area contributed by atoms with Gasteiger partial charge < -0.3 is 19.9 Å². The molecule has 1 aliphatic heterocycles. The summed E-state index contributed by atoms with van der Waals surface area (Å²) in [6.07, 6.45) is 0.630. The first kappa shape index (κ1) is 28.9. The highest BCUT2D eigenvalue weighted by Gasteiger charge is 2.38. The monoisotopic (exact) mass is 584 g/mol. The van der Waals surface area contributed by atoms with Gasteiger partial charge in [-0.2, -0.15) is 18.3 Å². The molecule has 0 spiro atoms. The van der Waals surface area contributed by atoms with Crippen LogP contribution in [0.5, 0.6) is 0 Å². The lowest BCUT2D eigenvalue weighted by molar-refractivity contribution is -0.141. The Morgan fingerprint density at radius 1 is 1.02 bits per heavy atom. The van der Waals surface area contributed by atoms with Gasteiger partial charge in [0.15, 0.2) is 17.2 Å². The van der Waals surface area contributed by atoms with Gasteiger partial charge >= 0.3 is 12.3 Å². The molecule has 11 nitrogen and oxygen atoms in total. The fraction of sp³-hybridized carbons (Fsp3) is 0.393. The molecule has 1 aliphatic rings. The maximum atomic E-state index is 13.6. The number of amides is 2. The Morgan fingerprint density at radius 3 is 2.36 bits per heavy atom. The fourth-order valence-corrected chi connectivity index (χ4v) is 4.80. The van der Waals surface area contributed by atoms with Gasteiger partial charge in [0.2, 0.25) is 0 Å². The quantitative estimate of drug-likeness (QED) is 0.364. The first-order chi connectivity index (χ1) is 19.7. The van der Waals surface area contributed by atoms with Crippen molar-refractivity contribution in [3.8, 4) is 11.3 Å². The summed E-state index contributed by atoms with van der Waals surface area (Å²) in [6, 6.07) is 5.24. The van der Waals surface area contributed by atoms with Crippen LogP contribution in [0.3, 0.4) is 0 Å². The van der Waals surface area contributed by atoms with E-state index < -0.39 is 23.6 Å². The molecule has 2 amide bonds. The second-order valence-electron chi connectivity index (χ2n) is 11.1. The van der Waals surface area contributed by atoms with E-state index in [9.17, 15) is 22.8 Å². The van der Waals surface area contributed by atoms with Crippen LogP contribution in [0.1, 0.15) is 42.4 Å². The minimum absolute atomic E-state index is 0.0970. The van der Waals surface area contributed by atoms with E-state index in [1.807, 2.05) is 27.7 Å². The average molecular weight is 585 g/mol. The zero-order chi connectivity index (χ0) is 30.4. The number of benzene rings is 1. The Hall–Kier alpha value is -4.62. The molecule has 222 valence electrons. The molecular formula is C28H31F3N8O3. The van der Waals surface area contributed by atoms with E-state index in [0.717, 1.165) is 10.2 Å². The van der Waals surface area contributed by atoms with Crippen molar-refractivity contribution in [2.24, 2.45) is 7.05 Å². The Labute approximate surface area is 239 Å². The van der Waals surface area contributed by atoms with Gasteiger partial charge in [-0.1, -0.05) is 0 Å². The minimum atomic E-state index is -4.63. The largest absolute Gasteiger partial charge is 0.444 e. The molecule has 1 saturated heterocycles. The molecule has 4 aromatic rings. The first-order valence-corrected chi connectivity index (χ1v) is 13.3. The van der Waals surface area contributed by atoms with Crippen molar-refractivity contribution >= 4 is 29.2 Å². The van der Waals surface area contributed by atoms with Crippen LogP contribution in [0, 0.1) is 6.92 Å². The summed E-state index contributed by atoms with van der Waals surface area (Å²) >= 11 is 0. The molecule has 1 aromatic carbocycles. The summed E-state index contributed by atoms with van der Waals surface area (Å²) in [6.45, 7) is 8.78. The number of ether oxygens (including phenoxy) is 1. The van der Waals surface area contributed by atoms with E-state index in [1.165, 1.54) is 36.2 Å². The highest BCUT2D eigenvalue weighted by Crippen LogP contribution is 2.36. The number of nitrogens with zero attached hydrogens (tertiary/aromatic N) is 7. The molecule has 0 saturated carbocycles. The van der Waals surface area contributed by atoms with Gasteiger partial charge in [0.05, 0.1) is 17.5 Å². The molecule has 5 rings (SSSR count). The number of hydrogen-bond donors (Lipinski definition) is 1. The van der Waals surface area contributed by atoms with Gasteiger partial charge in [0, 0.05) is 63.1 Å². The summed E-state index contributed by atoms with van der Waals surface area (Å²) in [5, 5.41) is 6.75. The molecule has 1 fully saturated rings. The smallest absolute Gasteiger partial charge is 0.435 e. The maximum absolute atomic E-state index is 13.6. The normalized spacial score (nSPS) is 14.4. The molecular weight excluding hydrogens is 553 g/mol. The summed E-state index contributed by atoms with van der Waals surface area (Å²) in [5.74, 6) is 0.191. The van der Waals surface area contributed by atoms with Crippen LogP contribution in [-0.2, 0) is 18.0 Å². The summed E-state index contributed by atoms with van der Waals surface area (Å²) in [5.41, 5.74) is 0.734. The van der Waals surface area contributed by atoms with Crippen molar-refractivity contribution in [1.82, 2.24) is 33.9 Å². The zero-order valence-corrected chi connectivity index (χ0v) is 23.9. The number of carbonyl (C=O) groups is 2. The van der Waals surface area contributed by atoms with Gasteiger partial charge in [-0.05, 0) is 51.5 Å². The van der Waals surface area contributed by atoms with E-state index in [0.29, 0.717) is 48.9 Å². The first-order valence-electron chi connectivity index (χ1n) is 13.3. The van der Waals surface area contributed by atoms with Crippen molar-refractivity contribution in [3.63, 3.8) is 0 Å². The highest BCUT2D eigenvalue weighted by molar-refractivity contribution is 5.96. The molecule has 0 atom stereocenters. The van der Waals surface area contributed by atoms with Crippen LogP contribution in [0.25, 0.3) is 16.9 Å². The third kappa shape index (κ3) is 5.87. The number of imidazole rings is 1. The van der Waals surface area contributed by atoms with E-state index in [2.05, 4.69) is 20.4 Å². The highest BCUT2D eigenvalue weighted by atomic mass is 19.4. The molecule has 3 aromatic heterocycles. The van der Waals surface area contributed by atoms with Crippen LogP contribution in [0.4, 0.5) is 29.5 Å². The third-order valence-corrected chi connectivity index (χ3v) is 6.74. The van der Waals surface area contributed by atoms with Crippen molar-refractivity contribution in [2.45, 2.75) is 39.5 Å². The van der Waals surface area contributed by atoms with E-state index in [-0.39, 0.29) is 17.2 Å². The Morgan fingerprint density at radius 2 is 1.71 bits per heavy atom. The molecule has 0 aliphatic carbocycles. The SMILES string of the molecule is Cc1cc(Nc2nccn3c(-c4cn(C)nc4C(F)(F)F)cnc23)ccc1C(=O)N1CCN(C(=O)OC(C)(C)C)CC1. The fourth-order valence-electron chi connectivity index (χ4n) is 4.80.